The molecule has 1 atom stereocenters. The maximum Gasteiger partial charge on any atom is 0.0366 e. The summed E-state index contributed by atoms with van der Waals surface area (Å²) in [4.78, 5) is 2.35. The fourth-order valence-electron chi connectivity index (χ4n) is 2.06. The van der Waals surface area contributed by atoms with Crippen LogP contribution >= 0.6 is 0 Å². The number of anilines is 1. The molecular formula is C14H24N2. The quantitative estimate of drug-likeness (QED) is 0.824. The molecule has 1 rings (SSSR count). The molecule has 0 aliphatic heterocycles. The fraction of sp³-hybridized carbons (Fsp3) is 0.571. The molecule has 0 saturated heterocycles. The Bertz CT molecular complexity index is 299. The highest BCUT2D eigenvalue weighted by Gasteiger charge is 2.11. The largest absolute Gasteiger partial charge is 0.372 e. The maximum absolute atomic E-state index is 5.84. The molecule has 0 aromatic heterocycles. The molecule has 2 heteroatoms. The van der Waals surface area contributed by atoms with E-state index in [2.05, 4.69) is 50.1 Å². The second kappa shape index (κ2) is 5.90. The number of benzene rings is 1. The van der Waals surface area contributed by atoms with E-state index in [1.807, 2.05) is 6.92 Å². The molecule has 1 unspecified atom stereocenters. The van der Waals surface area contributed by atoms with Gasteiger partial charge in [0.2, 0.25) is 0 Å². The minimum Gasteiger partial charge on any atom is -0.372 e. The molecule has 1 aromatic carbocycles. The van der Waals surface area contributed by atoms with Crippen LogP contribution in [0.4, 0.5) is 5.69 Å². The van der Waals surface area contributed by atoms with E-state index in [1.54, 1.807) is 0 Å². The summed E-state index contributed by atoms with van der Waals surface area (Å²) < 4.78 is 0. The number of nitrogens with two attached hydrogens (primary N) is 1. The number of hydrogen-bond acceptors (Lipinski definition) is 2. The van der Waals surface area contributed by atoms with Crippen molar-refractivity contribution in [2.24, 2.45) is 5.73 Å². The van der Waals surface area contributed by atoms with Crippen molar-refractivity contribution in [3.05, 3.63) is 29.8 Å². The highest BCUT2D eigenvalue weighted by Crippen LogP contribution is 2.20. The van der Waals surface area contributed by atoms with Crippen LogP contribution in [-0.4, -0.2) is 13.1 Å². The van der Waals surface area contributed by atoms with Crippen LogP contribution in [0.5, 0.6) is 0 Å². The zero-order valence-corrected chi connectivity index (χ0v) is 10.9. The Hall–Kier alpha value is -1.02. The molecule has 0 spiro atoms. The fourth-order valence-corrected chi connectivity index (χ4v) is 2.06. The molecule has 0 radical (unpaired) electrons. The zero-order valence-electron chi connectivity index (χ0n) is 10.9. The molecule has 2 nitrogen and oxygen atoms in total. The third-order valence-electron chi connectivity index (χ3n) is 3.32. The molecule has 90 valence electrons. The second-order valence-corrected chi connectivity index (χ2v) is 4.46. The van der Waals surface area contributed by atoms with E-state index in [0.29, 0.717) is 6.04 Å². The summed E-state index contributed by atoms with van der Waals surface area (Å²) in [5, 5.41) is 0. The standard InChI is InChI=1S/C14H24N2/c1-5-13(6-2)16(4)14-9-7-12(8-10-14)11(3)15/h7-11,13H,5-6,15H2,1-4H3. The van der Waals surface area contributed by atoms with E-state index in [-0.39, 0.29) is 6.04 Å². The summed E-state index contributed by atoms with van der Waals surface area (Å²) in [6.45, 7) is 6.49. The van der Waals surface area contributed by atoms with Gasteiger partial charge in [0.05, 0.1) is 0 Å². The van der Waals surface area contributed by atoms with Crippen molar-refractivity contribution in [1.29, 1.82) is 0 Å². The van der Waals surface area contributed by atoms with Crippen molar-refractivity contribution >= 4 is 5.69 Å². The van der Waals surface area contributed by atoms with Gasteiger partial charge in [0.1, 0.15) is 0 Å². The molecule has 0 bridgehead atoms. The first-order valence-electron chi connectivity index (χ1n) is 6.18. The van der Waals surface area contributed by atoms with Gasteiger partial charge in [0.15, 0.2) is 0 Å². The monoisotopic (exact) mass is 220 g/mol. The number of nitrogens with zero attached hydrogens (tertiary/aromatic N) is 1. The first-order valence-corrected chi connectivity index (χ1v) is 6.18. The molecule has 0 aliphatic rings. The predicted octanol–water partition coefficient (Wildman–Crippen LogP) is 3.33. The van der Waals surface area contributed by atoms with E-state index < -0.39 is 0 Å². The van der Waals surface area contributed by atoms with Gasteiger partial charge >= 0.3 is 0 Å². The molecule has 0 fully saturated rings. The average Bonchev–Trinajstić information content (AvgIpc) is 2.30. The van der Waals surface area contributed by atoms with Gasteiger partial charge in [0, 0.05) is 24.8 Å². The third-order valence-corrected chi connectivity index (χ3v) is 3.32. The lowest BCUT2D eigenvalue weighted by Crippen LogP contribution is -2.30. The summed E-state index contributed by atoms with van der Waals surface area (Å²) >= 11 is 0. The van der Waals surface area contributed by atoms with Gasteiger partial charge in [-0.3, -0.25) is 0 Å². The molecule has 1 aromatic rings. The molecule has 0 heterocycles. The first kappa shape index (κ1) is 13.0. The van der Waals surface area contributed by atoms with Crippen LogP contribution < -0.4 is 10.6 Å². The highest BCUT2D eigenvalue weighted by atomic mass is 15.1. The van der Waals surface area contributed by atoms with Crippen LogP contribution in [0.15, 0.2) is 24.3 Å². The lowest BCUT2D eigenvalue weighted by Gasteiger charge is -2.28. The molecule has 16 heavy (non-hydrogen) atoms. The molecular weight excluding hydrogens is 196 g/mol. The molecule has 0 aliphatic carbocycles. The topological polar surface area (TPSA) is 29.3 Å². The maximum atomic E-state index is 5.84. The van der Waals surface area contributed by atoms with Crippen molar-refractivity contribution in [3.63, 3.8) is 0 Å². The van der Waals surface area contributed by atoms with Crippen LogP contribution in [0.1, 0.15) is 45.2 Å². The summed E-state index contributed by atoms with van der Waals surface area (Å²) in [5.41, 5.74) is 8.31. The average molecular weight is 220 g/mol. The van der Waals surface area contributed by atoms with Crippen molar-refractivity contribution in [1.82, 2.24) is 0 Å². The lowest BCUT2D eigenvalue weighted by molar-refractivity contribution is 0.591. The summed E-state index contributed by atoms with van der Waals surface area (Å²) in [7, 11) is 2.17. The van der Waals surface area contributed by atoms with Gasteiger partial charge in [-0.05, 0) is 37.5 Å². The van der Waals surface area contributed by atoms with Crippen LogP contribution in [-0.2, 0) is 0 Å². The van der Waals surface area contributed by atoms with Crippen molar-refractivity contribution in [2.45, 2.75) is 45.7 Å². The molecule has 2 N–H and O–H groups in total. The minimum atomic E-state index is 0.118. The van der Waals surface area contributed by atoms with Gasteiger partial charge in [-0.1, -0.05) is 26.0 Å². The Labute approximate surface area is 99.5 Å². The summed E-state index contributed by atoms with van der Waals surface area (Å²) in [6, 6.07) is 9.32. The smallest absolute Gasteiger partial charge is 0.0366 e. The van der Waals surface area contributed by atoms with Crippen LogP contribution in [0.25, 0.3) is 0 Å². The first-order chi connectivity index (χ1) is 7.60. The Kier molecular flexibility index (Phi) is 4.81. The van der Waals surface area contributed by atoms with Crippen molar-refractivity contribution in [2.75, 3.05) is 11.9 Å². The Balaban J connectivity index is 2.80. The van der Waals surface area contributed by atoms with Gasteiger partial charge in [-0.2, -0.15) is 0 Å². The van der Waals surface area contributed by atoms with Gasteiger partial charge in [0.25, 0.3) is 0 Å². The van der Waals surface area contributed by atoms with Crippen LogP contribution in [0.2, 0.25) is 0 Å². The Morgan fingerprint density at radius 2 is 1.62 bits per heavy atom. The van der Waals surface area contributed by atoms with Gasteiger partial charge in [-0.15, -0.1) is 0 Å². The predicted molar refractivity (Wildman–Crippen MR) is 71.8 cm³/mol. The van der Waals surface area contributed by atoms with E-state index in [4.69, 9.17) is 5.73 Å². The third kappa shape index (κ3) is 2.99. The second-order valence-electron chi connectivity index (χ2n) is 4.46. The highest BCUT2D eigenvalue weighted by molar-refractivity contribution is 5.48. The van der Waals surface area contributed by atoms with E-state index in [0.717, 1.165) is 0 Å². The number of rotatable bonds is 5. The SMILES string of the molecule is CCC(CC)N(C)c1ccc(C(C)N)cc1. The van der Waals surface area contributed by atoms with Crippen molar-refractivity contribution < 1.29 is 0 Å². The van der Waals surface area contributed by atoms with Crippen molar-refractivity contribution in [3.8, 4) is 0 Å². The lowest BCUT2D eigenvalue weighted by atomic mass is 10.1. The Morgan fingerprint density at radius 1 is 1.12 bits per heavy atom. The van der Waals surface area contributed by atoms with E-state index in [1.165, 1.54) is 24.1 Å². The van der Waals surface area contributed by atoms with Gasteiger partial charge < -0.3 is 10.6 Å². The van der Waals surface area contributed by atoms with Crippen LogP contribution in [0, 0.1) is 0 Å². The minimum absolute atomic E-state index is 0.118. The van der Waals surface area contributed by atoms with Crippen LogP contribution in [0.3, 0.4) is 0 Å². The molecule has 0 amide bonds. The Morgan fingerprint density at radius 3 is 2.00 bits per heavy atom. The summed E-state index contributed by atoms with van der Waals surface area (Å²) in [6.07, 6.45) is 2.37. The molecule has 0 saturated carbocycles. The van der Waals surface area contributed by atoms with E-state index in [9.17, 15) is 0 Å². The van der Waals surface area contributed by atoms with E-state index >= 15 is 0 Å². The van der Waals surface area contributed by atoms with Gasteiger partial charge in [-0.25, -0.2) is 0 Å². The normalized spacial score (nSPS) is 12.9. The number of hydrogen-bond donors (Lipinski definition) is 1. The summed E-state index contributed by atoms with van der Waals surface area (Å²) in [5.74, 6) is 0. The zero-order chi connectivity index (χ0) is 12.1.